The molecule has 0 saturated heterocycles. The Bertz CT molecular complexity index is 1120. The first-order chi connectivity index (χ1) is 19.4. The Hall–Kier alpha value is -3.13. The van der Waals surface area contributed by atoms with Gasteiger partial charge in [0.05, 0.1) is 12.8 Å². The van der Waals surface area contributed by atoms with Crippen LogP contribution in [0.1, 0.15) is 76.7 Å². The molecule has 0 spiro atoms. The van der Waals surface area contributed by atoms with Crippen LogP contribution >= 0.6 is 0 Å². The number of benzene rings is 2. The standard InChI is InChI=1S/C23H32FN5O2.C10H20/c1-5-29(15-16(2)26-3)23(25)28-19-9-6-18(7-10-19)22(30)27-13-12-17-8-11-20(31-4)14-21(17)24;1-8-6-5-7-10(3,4)9(8)2/h6-11,14,16,26H,5,12-13,15H2,1-4H3,(H2,25,28)(H,27,30);8-9H,5-7H2,1-4H3/t16-;8?,9-/m00/s1. The van der Waals surface area contributed by atoms with E-state index in [0.29, 0.717) is 46.9 Å². The van der Waals surface area contributed by atoms with Gasteiger partial charge < -0.3 is 26.0 Å². The summed E-state index contributed by atoms with van der Waals surface area (Å²) in [7, 11) is 3.40. The van der Waals surface area contributed by atoms with Crippen LogP contribution in [0.5, 0.6) is 5.75 Å². The van der Waals surface area contributed by atoms with E-state index in [4.69, 9.17) is 10.5 Å². The highest BCUT2D eigenvalue weighted by Gasteiger charge is 2.33. The minimum atomic E-state index is -0.348. The summed E-state index contributed by atoms with van der Waals surface area (Å²) < 4.78 is 19.0. The Morgan fingerprint density at radius 1 is 1.22 bits per heavy atom. The molecule has 3 atom stereocenters. The van der Waals surface area contributed by atoms with E-state index in [1.54, 1.807) is 36.4 Å². The number of hydrogen-bond donors (Lipinski definition) is 3. The Kier molecular flexibility index (Phi) is 13.6. The summed E-state index contributed by atoms with van der Waals surface area (Å²) >= 11 is 0. The maximum atomic E-state index is 14.0. The molecular formula is C33H52FN5O2. The number of methoxy groups -OCH3 is 1. The molecule has 1 amide bonds. The number of carbonyl (C=O) groups excluding carboxylic acids is 1. The third-order valence-corrected chi connectivity index (χ3v) is 8.57. The molecule has 1 aliphatic rings. The highest BCUT2D eigenvalue weighted by Crippen LogP contribution is 2.43. The SMILES string of the molecule is CC1CCCC(C)(C)[C@H]1C.CCN(C[C@H](C)NC)C(N)=Nc1ccc(C(=O)NCCc2ccc(OC)cc2F)cc1. The van der Waals surface area contributed by atoms with E-state index in [1.807, 2.05) is 18.9 Å². The molecule has 1 aliphatic carbocycles. The van der Waals surface area contributed by atoms with Crippen LogP contribution in [-0.4, -0.2) is 56.6 Å². The van der Waals surface area contributed by atoms with Crippen molar-refractivity contribution < 1.29 is 13.9 Å². The van der Waals surface area contributed by atoms with Crippen LogP contribution in [0, 0.1) is 23.1 Å². The molecular weight excluding hydrogens is 517 g/mol. The smallest absolute Gasteiger partial charge is 0.251 e. The first-order valence-electron chi connectivity index (χ1n) is 14.9. The van der Waals surface area contributed by atoms with Crippen molar-refractivity contribution in [3.8, 4) is 5.75 Å². The second kappa shape index (κ2) is 16.3. The lowest BCUT2D eigenvalue weighted by molar-refractivity contribution is 0.0954. The maximum absolute atomic E-state index is 14.0. The Balaban J connectivity index is 0.000000493. The highest BCUT2D eigenvalue weighted by atomic mass is 19.1. The average Bonchev–Trinajstić information content (AvgIpc) is 2.95. The number of rotatable bonds is 10. The minimum absolute atomic E-state index is 0.226. The van der Waals surface area contributed by atoms with E-state index < -0.39 is 0 Å². The number of amides is 1. The van der Waals surface area contributed by atoms with Crippen LogP contribution in [0.25, 0.3) is 0 Å². The number of nitrogens with two attached hydrogens (primary N) is 1. The van der Waals surface area contributed by atoms with Gasteiger partial charge in [0, 0.05) is 37.3 Å². The first kappa shape index (κ1) is 34.1. The number of nitrogens with one attached hydrogen (secondary N) is 2. The quantitative estimate of drug-likeness (QED) is 0.236. The van der Waals surface area contributed by atoms with Gasteiger partial charge in [0.25, 0.3) is 5.91 Å². The summed E-state index contributed by atoms with van der Waals surface area (Å²) in [5, 5.41) is 5.99. The first-order valence-corrected chi connectivity index (χ1v) is 14.9. The van der Waals surface area contributed by atoms with E-state index >= 15 is 0 Å². The van der Waals surface area contributed by atoms with Crippen LogP contribution in [0.4, 0.5) is 10.1 Å². The molecule has 0 aromatic heterocycles. The van der Waals surface area contributed by atoms with Gasteiger partial charge in [-0.3, -0.25) is 4.79 Å². The molecule has 1 saturated carbocycles. The van der Waals surface area contributed by atoms with Gasteiger partial charge in [0.1, 0.15) is 11.6 Å². The summed E-state index contributed by atoms with van der Waals surface area (Å²) in [6, 6.07) is 11.9. The largest absolute Gasteiger partial charge is 0.497 e. The number of halogens is 1. The topological polar surface area (TPSA) is 92.0 Å². The normalized spacial score (nSPS) is 19.0. The van der Waals surface area contributed by atoms with Crippen molar-refractivity contribution >= 4 is 17.6 Å². The zero-order valence-corrected chi connectivity index (χ0v) is 26.4. The predicted molar refractivity (Wildman–Crippen MR) is 168 cm³/mol. The molecule has 228 valence electrons. The summed E-state index contributed by atoms with van der Waals surface area (Å²) in [5.74, 6) is 2.19. The van der Waals surface area contributed by atoms with Gasteiger partial charge in [0.15, 0.2) is 5.96 Å². The van der Waals surface area contributed by atoms with Crippen molar-refractivity contribution in [2.24, 2.45) is 28.0 Å². The van der Waals surface area contributed by atoms with Crippen LogP contribution in [0.3, 0.4) is 0 Å². The Morgan fingerprint density at radius 3 is 2.44 bits per heavy atom. The second-order valence-electron chi connectivity index (χ2n) is 11.9. The lowest BCUT2D eigenvalue weighted by Crippen LogP contribution is -2.44. The van der Waals surface area contributed by atoms with Crippen molar-refractivity contribution in [2.45, 2.75) is 73.3 Å². The zero-order chi connectivity index (χ0) is 30.6. The average molecular weight is 570 g/mol. The van der Waals surface area contributed by atoms with E-state index in [2.05, 4.69) is 50.2 Å². The molecule has 0 bridgehead atoms. The lowest BCUT2D eigenvalue weighted by Gasteiger charge is -2.40. The number of ether oxygens (including phenoxy) is 1. The summed E-state index contributed by atoms with van der Waals surface area (Å²) in [6.07, 6.45) is 4.71. The third-order valence-electron chi connectivity index (χ3n) is 8.57. The molecule has 0 heterocycles. The van der Waals surface area contributed by atoms with Crippen LogP contribution in [0.2, 0.25) is 0 Å². The van der Waals surface area contributed by atoms with Gasteiger partial charge in [-0.05, 0) is 86.9 Å². The van der Waals surface area contributed by atoms with Gasteiger partial charge >= 0.3 is 0 Å². The zero-order valence-electron chi connectivity index (χ0n) is 26.4. The third kappa shape index (κ3) is 10.7. The number of aliphatic imine (C=N–C) groups is 1. The highest BCUT2D eigenvalue weighted by molar-refractivity contribution is 5.94. The number of nitrogens with zero attached hydrogens (tertiary/aromatic N) is 2. The Labute approximate surface area is 247 Å². The van der Waals surface area contributed by atoms with Crippen LogP contribution in [-0.2, 0) is 6.42 Å². The van der Waals surface area contributed by atoms with Crippen molar-refractivity contribution in [3.05, 3.63) is 59.4 Å². The number of guanidine groups is 1. The van der Waals surface area contributed by atoms with Gasteiger partial charge in [0.2, 0.25) is 0 Å². The minimum Gasteiger partial charge on any atom is -0.497 e. The summed E-state index contributed by atoms with van der Waals surface area (Å²) in [6.45, 7) is 15.5. The summed E-state index contributed by atoms with van der Waals surface area (Å²) in [4.78, 5) is 18.8. The fourth-order valence-corrected chi connectivity index (χ4v) is 5.09. The molecule has 2 aromatic rings. The molecule has 0 aliphatic heterocycles. The molecule has 8 heteroatoms. The van der Waals surface area contributed by atoms with Gasteiger partial charge in [-0.2, -0.15) is 0 Å². The fourth-order valence-electron chi connectivity index (χ4n) is 5.09. The van der Waals surface area contributed by atoms with Crippen molar-refractivity contribution in [1.82, 2.24) is 15.5 Å². The molecule has 2 aromatic carbocycles. The summed E-state index contributed by atoms with van der Waals surface area (Å²) in [5.41, 5.74) is 8.45. The molecule has 4 N–H and O–H groups in total. The number of hydrogen-bond acceptors (Lipinski definition) is 4. The van der Waals surface area contributed by atoms with Crippen molar-refractivity contribution in [2.75, 3.05) is 33.8 Å². The molecule has 41 heavy (non-hydrogen) atoms. The van der Waals surface area contributed by atoms with E-state index in [0.717, 1.165) is 24.9 Å². The van der Waals surface area contributed by atoms with Crippen LogP contribution < -0.4 is 21.1 Å². The number of likely N-dealkylation sites (N-methyl/N-ethyl adjacent to an activating group) is 2. The lowest BCUT2D eigenvalue weighted by atomic mass is 9.65. The van der Waals surface area contributed by atoms with Crippen molar-refractivity contribution in [3.63, 3.8) is 0 Å². The molecule has 3 rings (SSSR count). The van der Waals surface area contributed by atoms with Gasteiger partial charge in [-0.25, -0.2) is 9.38 Å². The van der Waals surface area contributed by atoms with E-state index in [-0.39, 0.29) is 17.8 Å². The number of carbonyl (C=O) groups is 1. The van der Waals surface area contributed by atoms with Gasteiger partial charge in [-0.1, -0.05) is 46.6 Å². The van der Waals surface area contributed by atoms with E-state index in [1.165, 1.54) is 32.4 Å². The molecule has 0 radical (unpaired) electrons. The molecule has 1 unspecified atom stereocenters. The van der Waals surface area contributed by atoms with Gasteiger partial charge in [-0.15, -0.1) is 0 Å². The van der Waals surface area contributed by atoms with Crippen LogP contribution in [0.15, 0.2) is 47.5 Å². The predicted octanol–water partition coefficient (Wildman–Crippen LogP) is 6.15. The second-order valence-corrected chi connectivity index (χ2v) is 11.9. The fraction of sp³-hybridized carbons (Fsp3) is 0.576. The van der Waals surface area contributed by atoms with Crippen molar-refractivity contribution in [1.29, 1.82) is 0 Å². The van der Waals surface area contributed by atoms with E-state index in [9.17, 15) is 9.18 Å². The molecule has 1 fully saturated rings. The maximum Gasteiger partial charge on any atom is 0.251 e. The monoisotopic (exact) mass is 569 g/mol. The Morgan fingerprint density at radius 2 is 1.90 bits per heavy atom. The molecule has 7 nitrogen and oxygen atoms in total.